The van der Waals surface area contributed by atoms with E-state index in [1.165, 1.54) is 12.1 Å². The van der Waals surface area contributed by atoms with E-state index >= 15 is 0 Å². The fraction of sp³-hybridized carbons (Fsp3) is 0.0556. The Morgan fingerprint density at radius 3 is 2.58 bits per heavy atom. The van der Waals surface area contributed by atoms with Crippen LogP contribution in [0.3, 0.4) is 0 Å². The number of aryl methyl sites for hydroxylation is 1. The van der Waals surface area contributed by atoms with Crippen LogP contribution in [-0.4, -0.2) is 16.0 Å². The van der Waals surface area contributed by atoms with Gasteiger partial charge in [-0.25, -0.2) is 14.2 Å². The van der Waals surface area contributed by atoms with E-state index in [2.05, 4.69) is 20.6 Å². The molecule has 0 aliphatic carbocycles. The molecular weight excluding hydrogens is 307 g/mol. The van der Waals surface area contributed by atoms with E-state index < -0.39 is 6.03 Å². The molecule has 0 aliphatic heterocycles. The lowest BCUT2D eigenvalue weighted by molar-refractivity contribution is 0.262. The van der Waals surface area contributed by atoms with Crippen molar-refractivity contribution in [3.05, 3.63) is 72.3 Å². The number of hydrogen-bond donors (Lipinski definition) is 2. The summed E-state index contributed by atoms with van der Waals surface area (Å²) in [5.41, 5.74) is 2.61. The van der Waals surface area contributed by atoms with Gasteiger partial charge >= 0.3 is 6.03 Å². The molecule has 24 heavy (non-hydrogen) atoms. The summed E-state index contributed by atoms with van der Waals surface area (Å²) in [5, 5.41) is 5.32. The predicted molar refractivity (Wildman–Crippen MR) is 91.2 cm³/mol. The number of carbonyl (C=O) groups is 1. The van der Waals surface area contributed by atoms with Gasteiger partial charge in [0.25, 0.3) is 0 Å². The van der Waals surface area contributed by atoms with Crippen LogP contribution in [0.25, 0.3) is 11.3 Å². The minimum absolute atomic E-state index is 0.312. The van der Waals surface area contributed by atoms with E-state index in [0.29, 0.717) is 17.1 Å². The molecule has 3 rings (SSSR count). The predicted octanol–water partition coefficient (Wildman–Crippen LogP) is 4.24. The molecule has 5 nitrogen and oxygen atoms in total. The number of nitrogens with zero attached hydrogens (tertiary/aromatic N) is 2. The zero-order chi connectivity index (χ0) is 16.9. The van der Waals surface area contributed by atoms with Crippen molar-refractivity contribution in [1.29, 1.82) is 0 Å². The molecule has 0 unspecified atom stereocenters. The summed E-state index contributed by atoms with van der Waals surface area (Å²) in [6, 6.07) is 13.0. The number of benzene rings is 1. The second-order valence-corrected chi connectivity index (χ2v) is 5.19. The number of aromatic nitrogens is 2. The highest BCUT2D eigenvalue weighted by molar-refractivity contribution is 5.99. The molecule has 2 heterocycles. The van der Waals surface area contributed by atoms with Crippen LogP contribution in [0, 0.1) is 12.7 Å². The van der Waals surface area contributed by atoms with Crippen LogP contribution < -0.4 is 10.6 Å². The van der Waals surface area contributed by atoms with Gasteiger partial charge in [0.15, 0.2) is 0 Å². The summed E-state index contributed by atoms with van der Waals surface area (Å²) in [7, 11) is 0. The number of halogens is 1. The van der Waals surface area contributed by atoms with Crippen molar-refractivity contribution in [1.82, 2.24) is 9.97 Å². The number of rotatable bonds is 3. The Hall–Kier alpha value is -3.28. The van der Waals surface area contributed by atoms with Crippen LogP contribution >= 0.6 is 0 Å². The second-order valence-electron chi connectivity index (χ2n) is 5.19. The molecule has 2 aromatic heterocycles. The first-order valence-electron chi connectivity index (χ1n) is 7.33. The van der Waals surface area contributed by atoms with E-state index in [1.807, 2.05) is 18.2 Å². The first kappa shape index (κ1) is 15.6. The van der Waals surface area contributed by atoms with Crippen molar-refractivity contribution in [2.75, 3.05) is 10.6 Å². The molecule has 2 amide bonds. The highest BCUT2D eigenvalue weighted by Crippen LogP contribution is 2.18. The fourth-order valence-electron chi connectivity index (χ4n) is 2.19. The first-order chi connectivity index (χ1) is 11.6. The van der Waals surface area contributed by atoms with E-state index in [0.717, 1.165) is 11.3 Å². The molecule has 0 saturated carbocycles. The minimum atomic E-state index is -0.444. The average Bonchev–Trinajstić information content (AvgIpc) is 2.59. The molecule has 0 atom stereocenters. The summed E-state index contributed by atoms with van der Waals surface area (Å²) in [6.07, 6.45) is 3.36. The van der Waals surface area contributed by atoms with Crippen molar-refractivity contribution in [2.24, 2.45) is 0 Å². The molecule has 3 aromatic rings. The quantitative estimate of drug-likeness (QED) is 0.758. The molecule has 120 valence electrons. The lowest BCUT2D eigenvalue weighted by atomic mass is 10.2. The summed E-state index contributed by atoms with van der Waals surface area (Å²) < 4.78 is 13.2. The summed E-state index contributed by atoms with van der Waals surface area (Å²) in [5.74, 6) is 0.105. The van der Waals surface area contributed by atoms with Gasteiger partial charge in [0.1, 0.15) is 11.6 Å². The maximum atomic E-state index is 13.2. The van der Waals surface area contributed by atoms with E-state index in [-0.39, 0.29) is 5.82 Å². The zero-order valence-corrected chi connectivity index (χ0v) is 13.0. The van der Waals surface area contributed by atoms with Crippen LogP contribution in [-0.2, 0) is 0 Å². The number of urea groups is 1. The van der Waals surface area contributed by atoms with Gasteiger partial charge in [-0.05, 0) is 55.0 Å². The van der Waals surface area contributed by atoms with Crippen molar-refractivity contribution in [2.45, 2.75) is 6.92 Å². The second kappa shape index (κ2) is 6.87. The normalized spacial score (nSPS) is 10.2. The first-order valence-corrected chi connectivity index (χ1v) is 7.33. The Balaban J connectivity index is 1.71. The molecule has 1 aromatic carbocycles. The molecular formula is C18H15FN4O. The Morgan fingerprint density at radius 2 is 1.83 bits per heavy atom. The number of amides is 2. The van der Waals surface area contributed by atoms with Gasteiger partial charge in [0.2, 0.25) is 0 Å². The number of pyridine rings is 2. The van der Waals surface area contributed by atoms with Crippen molar-refractivity contribution in [3.8, 4) is 11.3 Å². The lowest BCUT2D eigenvalue weighted by Crippen LogP contribution is -2.20. The number of nitrogens with one attached hydrogen (secondary N) is 2. The SMILES string of the molecule is Cc1cc(NC(=O)Nc2cccc(-c3ccncc3)n2)ccc1F. The van der Waals surface area contributed by atoms with Gasteiger partial charge in [-0.1, -0.05) is 6.07 Å². The highest BCUT2D eigenvalue weighted by atomic mass is 19.1. The van der Waals surface area contributed by atoms with Crippen LogP contribution in [0.15, 0.2) is 60.9 Å². The Kier molecular flexibility index (Phi) is 4.47. The maximum Gasteiger partial charge on any atom is 0.324 e. The summed E-state index contributed by atoms with van der Waals surface area (Å²) in [4.78, 5) is 20.4. The third-order valence-corrected chi connectivity index (χ3v) is 3.38. The van der Waals surface area contributed by atoms with Gasteiger partial charge in [0.05, 0.1) is 5.69 Å². The van der Waals surface area contributed by atoms with Crippen LogP contribution in [0.4, 0.5) is 20.7 Å². The molecule has 0 spiro atoms. The van der Waals surface area contributed by atoms with Crippen molar-refractivity contribution < 1.29 is 9.18 Å². The van der Waals surface area contributed by atoms with Gasteiger partial charge in [-0.3, -0.25) is 10.3 Å². The lowest BCUT2D eigenvalue weighted by Gasteiger charge is -2.09. The molecule has 0 bridgehead atoms. The van der Waals surface area contributed by atoms with Gasteiger partial charge in [-0.2, -0.15) is 0 Å². The van der Waals surface area contributed by atoms with E-state index in [1.54, 1.807) is 37.5 Å². The zero-order valence-electron chi connectivity index (χ0n) is 13.0. The molecule has 6 heteroatoms. The van der Waals surface area contributed by atoms with Crippen LogP contribution in [0.2, 0.25) is 0 Å². The standard InChI is InChI=1S/C18H15FN4O/c1-12-11-14(5-6-15(12)19)21-18(24)23-17-4-2-3-16(22-17)13-7-9-20-10-8-13/h2-11H,1H3,(H2,21,22,23,24). The topological polar surface area (TPSA) is 66.9 Å². The third-order valence-electron chi connectivity index (χ3n) is 3.38. The largest absolute Gasteiger partial charge is 0.324 e. The Labute approximate surface area is 138 Å². The Morgan fingerprint density at radius 1 is 1.04 bits per heavy atom. The van der Waals surface area contributed by atoms with Gasteiger partial charge in [0, 0.05) is 23.6 Å². The minimum Gasteiger partial charge on any atom is -0.308 e. The molecule has 0 aliphatic rings. The summed E-state index contributed by atoms with van der Waals surface area (Å²) >= 11 is 0. The Bertz CT molecular complexity index is 868. The van der Waals surface area contributed by atoms with Crippen LogP contribution in [0.5, 0.6) is 0 Å². The molecule has 0 radical (unpaired) electrons. The average molecular weight is 322 g/mol. The van der Waals surface area contributed by atoms with Crippen LogP contribution in [0.1, 0.15) is 5.56 Å². The van der Waals surface area contributed by atoms with Crippen molar-refractivity contribution >= 4 is 17.5 Å². The smallest absolute Gasteiger partial charge is 0.308 e. The van der Waals surface area contributed by atoms with E-state index in [9.17, 15) is 9.18 Å². The number of anilines is 2. The van der Waals surface area contributed by atoms with Crippen molar-refractivity contribution in [3.63, 3.8) is 0 Å². The van der Waals surface area contributed by atoms with Gasteiger partial charge < -0.3 is 5.32 Å². The molecule has 2 N–H and O–H groups in total. The summed E-state index contributed by atoms with van der Waals surface area (Å²) in [6.45, 7) is 1.64. The highest BCUT2D eigenvalue weighted by Gasteiger charge is 2.07. The monoisotopic (exact) mass is 322 g/mol. The van der Waals surface area contributed by atoms with E-state index in [4.69, 9.17) is 0 Å². The number of carbonyl (C=O) groups excluding carboxylic acids is 1. The fourth-order valence-corrected chi connectivity index (χ4v) is 2.19. The molecule has 0 fully saturated rings. The third kappa shape index (κ3) is 3.73. The van der Waals surface area contributed by atoms with Gasteiger partial charge in [-0.15, -0.1) is 0 Å². The molecule has 0 saturated heterocycles. The number of hydrogen-bond acceptors (Lipinski definition) is 3. The maximum absolute atomic E-state index is 13.2.